The molecular formula is C11H14ClNO2. The number of carbonyl (C=O) groups is 1. The Morgan fingerprint density at radius 3 is 2.87 bits per heavy atom. The summed E-state index contributed by atoms with van der Waals surface area (Å²) >= 11 is 5.91. The maximum absolute atomic E-state index is 11.2. The molecule has 15 heavy (non-hydrogen) atoms. The quantitative estimate of drug-likeness (QED) is 0.857. The fraction of sp³-hybridized carbons (Fsp3) is 0.364. The fourth-order valence-corrected chi connectivity index (χ4v) is 1.20. The molecule has 0 atom stereocenters. The number of rotatable bonds is 3. The zero-order valence-electron chi connectivity index (χ0n) is 8.84. The molecule has 0 radical (unpaired) electrons. The van der Waals surface area contributed by atoms with Gasteiger partial charge < -0.3 is 4.74 Å². The van der Waals surface area contributed by atoms with E-state index in [0.717, 1.165) is 12.0 Å². The monoisotopic (exact) mass is 227 g/mol. The molecule has 1 N–H and O–H groups in total. The minimum atomic E-state index is -0.447. The smallest absolute Gasteiger partial charge is 0.411 e. The van der Waals surface area contributed by atoms with Crippen LogP contribution < -0.4 is 5.32 Å². The van der Waals surface area contributed by atoms with Gasteiger partial charge in [-0.2, -0.15) is 0 Å². The van der Waals surface area contributed by atoms with E-state index >= 15 is 0 Å². The number of aryl methyl sites for hydroxylation is 1. The first-order chi connectivity index (χ1) is 7.13. The van der Waals surface area contributed by atoms with Gasteiger partial charge in [0.15, 0.2) is 0 Å². The molecular weight excluding hydrogens is 214 g/mol. The molecule has 0 spiro atoms. The zero-order valence-corrected chi connectivity index (χ0v) is 9.60. The maximum Gasteiger partial charge on any atom is 0.411 e. The first kappa shape index (κ1) is 11.9. The average molecular weight is 228 g/mol. The maximum atomic E-state index is 11.2. The van der Waals surface area contributed by atoms with Crippen molar-refractivity contribution in [2.24, 2.45) is 0 Å². The van der Waals surface area contributed by atoms with E-state index in [9.17, 15) is 4.79 Å². The van der Waals surface area contributed by atoms with Crippen molar-refractivity contribution in [1.29, 1.82) is 0 Å². The summed E-state index contributed by atoms with van der Waals surface area (Å²) in [5, 5.41) is 3.23. The number of hydrogen-bond donors (Lipinski definition) is 1. The topological polar surface area (TPSA) is 38.3 Å². The largest absolute Gasteiger partial charge is 0.449 e. The van der Waals surface area contributed by atoms with E-state index in [4.69, 9.17) is 16.3 Å². The molecule has 1 aromatic carbocycles. The minimum Gasteiger partial charge on any atom is -0.449 e. The number of halogens is 1. The van der Waals surface area contributed by atoms with Gasteiger partial charge in [0.2, 0.25) is 0 Å². The lowest BCUT2D eigenvalue weighted by Gasteiger charge is -2.07. The van der Waals surface area contributed by atoms with Crippen LogP contribution in [-0.4, -0.2) is 12.7 Å². The van der Waals surface area contributed by atoms with Crippen LogP contribution in [-0.2, 0) is 4.74 Å². The molecule has 1 amide bonds. The van der Waals surface area contributed by atoms with Crippen LogP contribution >= 0.6 is 11.6 Å². The van der Waals surface area contributed by atoms with Crippen molar-refractivity contribution < 1.29 is 9.53 Å². The summed E-state index contributed by atoms with van der Waals surface area (Å²) in [7, 11) is 0. The van der Waals surface area contributed by atoms with Gasteiger partial charge in [0.1, 0.15) is 0 Å². The standard InChI is InChI=1S/C11H14ClNO2/c1-3-6-15-11(14)13-9-5-4-8(2)10(12)7-9/h4-5,7H,3,6H2,1-2H3,(H,13,14). The molecule has 1 aromatic rings. The molecule has 1 rings (SSSR count). The summed E-state index contributed by atoms with van der Waals surface area (Å²) in [5.74, 6) is 0. The Bertz CT molecular complexity index is 352. The second-order valence-electron chi connectivity index (χ2n) is 3.22. The Hall–Kier alpha value is -1.22. The second kappa shape index (κ2) is 5.61. The predicted octanol–water partition coefficient (Wildman–Crippen LogP) is 3.61. The summed E-state index contributed by atoms with van der Waals surface area (Å²) in [4.78, 5) is 11.2. The molecule has 4 heteroatoms. The molecule has 0 saturated carbocycles. The normalized spacial score (nSPS) is 9.80. The highest BCUT2D eigenvalue weighted by Crippen LogP contribution is 2.19. The van der Waals surface area contributed by atoms with Gasteiger partial charge in [-0.05, 0) is 31.0 Å². The third kappa shape index (κ3) is 3.80. The first-order valence-corrected chi connectivity index (χ1v) is 5.21. The predicted molar refractivity (Wildman–Crippen MR) is 61.5 cm³/mol. The number of ether oxygens (including phenoxy) is 1. The number of benzene rings is 1. The molecule has 0 fully saturated rings. The molecule has 0 unspecified atom stereocenters. The van der Waals surface area contributed by atoms with Gasteiger partial charge in [0.25, 0.3) is 0 Å². The highest BCUT2D eigenvalue weighted by molar-refractivity contribution is 6.31. The third-order valence-corrected chi connectivity index (χ3v) is 2.26. The average Bonchev–Trinajstić information content (AvgIpc) is 2.20. The third-order valence-electron chi connectivity index (χ3n) is 1.86. The van der Waals surface area contributed by atoms with Crippen LogP contribution in [0.5, 0.6) is 0 Å². The van der Waals surface area contributed by atoms with Crippen LogP contribution in [0, 0.1) is 6.92 Å². The Morgan fingerprint density at radius 2 is 2.27 bits per heavy atom. The van der Waals surface area contributed by atoms with Crippen LogP contribution in [0.25, 0.3) is 0 Å². The summed E-state index contributed by atoms with van der Waals surface area (Å²) < 4.78 is 4.87. The van der Waals surface area contributed by atoms with Crippen molar-refractivity contribution in [2.45, 2.75) is 20.3 Å². The van der Waals surface area contributed by atoms with Gasteiger partial charge >= 0.3 is 6.09 Å². The molecule has 82 valence electrons. The van der Waals surface area contributed by atoms with E-state index in [2.05, 4.69) is 5.32 Å². The van der Waals surface area contributed by atoms with Gasteiger partial charge in [0, 0.05) is 10.7 Å². The van der Waals surface area contributed by atoms with E-state index in [1.165, 1.54) is 0 Å². The lowest BCUT2D eigenvalue weighted by atomic mass is 10.2. The Balaban J connectivity index is 2.57. The van der Waals surface area contributed by atoms with Crippen LogP contribution in [0.2, 0.25) is 5.02 Å². The number of anilines is 1. The molecule has 0 saturated heterocycles. The second-order valence-corrected chi connectivity index (χ2v) is 3.63. The van der Waals surface area contributed by atoms with Crippen LogP contribution in [0.3, 0.4) is 0 Å². The Morgan fingerprint density at radius 1 is 1.53 bits per heavy atom. The minimum absolute atomic E-state index is 0.422. The van der Waals surface area contributed by atoms with E-state index in [-0.39, 0.29) is 0 Å². The van der Waals surface area contributed by atoms with Crippen LogP contribution in [0.15, 0.2) is 18.2 Å². The van der Waals surface area contributed by atoms with Gasteiger partial charge in [-0.15, -0.1) is 0 Å². The van der Waals surface area contributed by atoms with Crippen molar-refractivity contribution in [3.63, 3.8) is 0 Å². The van der Waals surface area contributed by atoms with Gasteiger partial charge in [-0.3, -0.25) is 5.32 Å². The summed E-state index contributed by atoms with van der Waals surface area (Å²) in [6.45, 7) is 4.27. The summed E-state index contributed by atoms with van der Waals surface area (Å²) in [6, 6.07) is 5.33. The SMILES string of the molecule is CCCOC(=O)Nc1ccc(C)c(Cl)c1. The zero-order chi connectivity index (χ0) is 11.3. The van der Waals surface area contributed by atoms with E-state index in [1.807, 2.05) is 19.9 Å². The lowest BCUT2D eigenvalue weighted by molar-refractivity contribution is 0.161. The lowest BCUT2D eigenvalue weighted by Crippen LogP contribution is -2.13. The van der Waals surface area contributed by atoms with E-state index < -0.39 is 6.09 Å². The number of amides is 1. The fourth-order valence-electron chi connectivity index (χ4n) is 1.02. The van der Waals surface area contributed by atoms with E-state index in [0.29, 0.717) is 17.3 Å². The Kier molecular flexibility index (Phi) is 4.43. The van der Waals surface area contributed by atoms with Gasteiger partial charge in [-0.1, -0.05) is 24.6 Å². The number of nitrogens with one attached hydrogen (secondary N) is 1. The summed E-state index contributed by atoms with van der Waals surface area (Å²) in [6.07, 6.45) is 0.360. The molecule has 3 nitrogen and oxygen atoms in total. The number of hydrogen-bond acceptors (Lipinski definition) is 2. The van der Waals surface area contributed by atoms with Crippen molar-refractivity contribution in [1.82, 2.24) is 0 Å². The van der Waals surface area contributed by atoms with Crippen molar-refractivity contribution in [3.05, 3.63) is 28.8 Å². The van der Waals surface area contributed by atoms with Crippen LogP contribution in [0.4, 0.5) is 10.5 Å². The molecule has 0 bridgehead atoms. The molecule has 0 aliphatic heterocycles. The molecule has 0 aromatic heterocycles. The van der Waals surface area contributed by atoms with Gasteiger partial charge in [-0.25, -0.2) is 4.79 Å². The highest BCUT2D eigenvalue weighted by Gasteiger charge is 2.03. The summed E-state index contributed by atoms with van der Waals surface area (Å²) in [5.41, 5.74) is 1.62. The van der Waals surface area contributed by atoms with Crippen molar-refractivity contribution in [3.8, 4) is 0 Å². The Labute approximate surface area is 94.4 Å². The molecule has 0 aliphatic rings. The first-order valence-electron chi connectivity index (χ1n) is 4.83. The van der Waals surface area contributed by atoms with Crippen molar-refractivity contribution in [2.75, 3.05) is 11.9 Å². The van der Waals surface area contributed by atoms with E-state index in [1.54, 1.807) is 12.1 Å². The van der Waals surface area contributed by atoms with Crippen LogP contribution in [0.1, 0.15) is 18.9 Å². The van der Waals surface area contributed by atoms with Gasteiger partial charge in [0.05, 0.1) is 6.61 Å². The van der Waals surface area contributed by atoms with Crippen molar-refractivity contribution >= 4 is 23.4 Å². The molecule has 0 heterocycles. The number of carbonyl (C=O) groups excluding carboxylic acids is 1. The molecule has 0 aliphatic carbocycles. The highest BCUT2D eigenvalue weighted by atomic mass is 35.5.